The van der Waals surface area contributed by atoms with Gasteiger partial charge in [0.1, 0.15) is 13.1 Å². The average Bonchev–Trinajstić information content (AvgIpc) is 2.28. The molecule has 0 aliphatic carbocycles. The maximum Gasteiger partial charge on any atom is 0.140 e. The summed E-state index contributed by atoms with van der Waals surface area (Å²) in [4.78, 5) is 0. The summed E-state index contributed by atoms with van der Waals surface area (Å²) in [6, 6.07) is 9.68. The van der Waals surface area contributed by atoms with E-state index in [2.05, 4.69) is 5.92 Å². The van der Waals surface area contributed by atoms with E-state index in [0.29, 0.717) is 27.6 Å². The highest BCUT2D eigenvalue weighted by Crippen LogP contribution is 2.26. The largest absolute Gasteiger partial charge is 0.314 e. The zero-order valence-electron chi connectivity index (χ0n) is 10.1. The van der Waals surface area contributed by atoms with E-state index in [1.54, 1.807) is 0 Å². The molecule has 0 fully saturated rings. The van der Waals surface area contributed by atoms with Crippen molar-refractivity contribution in [2.24, 2.45) is 0 Å². The first-order chi connectivity index (χ1) is 7.96. The van der Waals surface area contributed by atoms with E-state index in [4.69, 9.17) is 29.6 Å². The van der Waals surface area contributed by atoms with Crippen LogP contribution >= 0.6 is 23.2 Å². The molecule has 17 heavy (non-hydrogen) atoms. The Morgan fingerprint density at radius 3 is 2.35 bits per heavy atom. The molecule has 0 saturated heterocycles. The Balaban J connectivity index is 2.89. The summed E-state index contributed by atoms with van der Waals surface area (Å²) >= 11 is 12.5. The molecule has 0 atom stereocenters. The van der Waals surface area contributed by atoms with Crippen LogP contribution in [0, 0.1) is 12.3 Å². The standard InChI is InChI=1S/C14H16Cl2N/c1-4-10-17(2,3)11-13(15)14(16)12-8-6-5-7-9-12/h1,5-9H,10-11H2,2-3H3/q+1. The van der Waals surface area contributed by atoms with Gasteiger partial charge in [-0.15, -0.1) is 6.42 Å². The molecule has 0 aliphatic heterocycles. The second-order valence-corrected chi connectivity index (χ2v) is 5.38. The van der Waals surface area contributed by atoms with Crippen molar-refractivity contribution in [3.8, 4) is 12.3 Å². The van der Waals surface area contributed by atoms with E-state index in [1.807, 2.05) is 44.4 Å². The van der Waals surface area contributed by atoms with Crippen molar-refractivity contribution < 1.29 is 4.48 Å². The number of benzene rings is 1. The predicted molar refractivity (Wildman–Crippen MR) is 75.7 cm³/mol. The minimum absolute atomic E-state index is 0.593. The van der Waals surface area contributed by atoms with Gasteiger partial charge in [-0.2, -0.15) is 0 Å². The minimum Gasteiger partial charge on any atom is -0.314 e. The smallest absolute Gasteiger partial charge is 0.140 e. The van der Waals surface area contributed by atoms with Gasteiger partial charge in [-0.05, 0) is 11.5 Å². The summed E-state index contributed by atoms with van der Waals surface area (Å²) in [5, 5.41) is 1.23. The molecule has 0 N–H and O–H groups in total. The Morgan fingerprint density at radius 2 is 1.82 bits per heavy atom. The van der Waals surface area contributed by atoms with Gasteiger partial charge in [0, 0.05) is 0 Å². The summed E-state index contributed by atoms with van der Waals surface area (Å²) in [6.45, 7) is 1.24. The minimum atomic E-state index is 0.593. The average molecular weight is 269 g/mol. The van der Waals surface area contributed by atoms with Crippen LogP contribution in [0.2, 0.25) is 0 Å². The fraction of sp³-hybridized carbons (Fsp3) is 0.286. The molecule has 90 valence electrons. The number of terminal acetylenes is 1. The lowest BCUT2D eigenvalue weighted by atomic mass is 10.2. The van der Waals surface area contributed by atoms with Crippen LogP contribution < -0.4 is 0 Å². The van der Waals surface area contributed by atoms with Gasteiger partial charge in [-0.1, -0.05) is 53.5 Å². The molecule has 1 aromatic carbocycles. The second-order valence-electron chi connectivity index (χ2n) is 4.54. The molecule has 0 spiro atoms. The summed E-state index contributed by atoms with van der Waals surface area (Å²) in [5.74, 6) is 2.64. The van der Waals surface area contributed by atoms with Gasteiger partial charge in [0.2, 0.25) is 0 Å². The van der Waals surface area contributed by atoms with Crippen LogP contribution in [0.3, 0.4) is 0 Å². The third-order valence-electron chi connectivity index (χ3n) is 2.35. The zero-order chi connectivity index (χ0) is 12.9. The van der Waals surface area contributed by atoms with Crippen molar-refractivity contribution in [1.29, 1.82) is 0 Å². The number of hydrogen-bond donors (Lipinski definition) is 0. The van der Waals surface area contributed by atoms with Crippen LogP contribution in [0.1, 0.15) is 5.56 Å². The highest BCUT2D eigenvalue weighted by atomic mass is 35.5. The van der Waals surface area contributed by atoms with Crippen LogP contribution in [0.4, 0.5) is 0 Å². The van der Waals surface area contributed by atoms with Crippen LogP contribution in [0.5, 0.6) is 0 Å². The highest BCUT2D eigenvalue weighted by Gasteiger charge is 2.17. The molecule has 0 aliphatic rings. The first kappa shape index (κ1) is 14.1. The molecule has 0 heterocycles. The number of hydrogen-bond acceptors (Lipinski definition) is 0. The first-order valence-corrected chi connectivity index (χ1v) is 6.07. The molecule has 0 bridgehead atoms. The fourth-order valence-electron chi connectivity index (χ4n) is 1.49. The second kappa shape index (κ2) is 6.12. The van der Waals surface area contributed by atoms with E-state index in [0.717, 1.165) is 5.56 Å². The summed E-state index contributed by atoms with van der Waals surface area (Å²) < 4.78 is 0.623. The summed E-state index contributed by atoms with van der Waals surface area (Å²) in [5.41, 5.74) is 0.930. The maximum atomic E-state index is 6.25. The van der Waals surface area contributed by atoms with Crippen molar-refractivity contribution in [2.75, 3.05) is 27.2 Å². The van der Waals surface area contributed by atoms with Gasteiger partial charge in [0.15, 0.2) is 0 Å². The number of likely N-dealkylation sites (N-methyl/N-ethyl adjacent to an activating group) is 1. The molecule has 1 rings (SSSR count). The first-order valence-electron chi connectivity index (χ1n) is 5.31. The number of halogens is 2. The van der Waals surface area contributed by atoms with Gasteiger partial charge in [0.25, 0.3) is 0 Å². The van der Waals surface area contributed by atoms with Crippen LogP contribution in [-0.2, 0) is 0 Å². The Labute approximate surface area is 113 Å². The Bertz CT molecular complexity index is 441. The van der Waals surface area contributed by atoms with Crippen LogP contribution in [0.25, 0.3) is 5.03 Å². The van der Waals surface area contributed by atoms with Crippen molar-refractivity contribution in [3.63, 3.8) is 0 Å². The quantitative estimate of drug-likeness (QED) is 0.579. The number of quaternary nitrogens is 1. The van der Waals surface area contributed by atoms with Gasteiger partial charge in [0.05, 0.1) is 24.2 Å². The maximum absolute atomic E-state index is 6.25. The highest BCUT2D eigenvalue weighted by molar-refractivity contribution is 6.54. The van der Waals surface area contributed by atoms with Gasteiger partial charge in [-0.25, -0.2) is 0 Å². The zero-order valence-corrected chi connectivity index (χ0v) is 11.6. The molecule has 0 saturated carbocycles. The van der Waals surface area contributed by atoms with E-state index in [1.165, 1.54) is 0 Å². The van der Waals surface area contributed by atoms with Gasteiger partial charge >= 0.3 is 0 Å². The summed E-state index contributed by atoms with van der Waals surface area (Å²) in [7, 11) is 4.05. The van der Waals surface area contributed by atoms with Crippen molar-refractivity contribution in [1.82, 2.24) is 0 Å². The Hall–Kier alpha value is -0.940. The Kier molecular flexibility index (Phi) is 5.08. The van der Waals surface area contributed by atoms with E-state index in [-0.39, 0.29) is 0 Å². The lowest BCUT2D eigenvalue weighted by molar-refractivity contribution is -0.877. The molecule has 1 aromatic rings. The van der Waals surface area contributed by atoms with Crippen molar-refractivity contribution >= 4 is 28.2 Å². The van der Waals surface area contributed by atoms with Gasteiger partial charge < -0.3 is 4.48 Å². The molecule has 0 aromatic heterocycles. The van der Waals surface area contributed by atoms with Crippen LogP contribution in [-0.4, -0.2) is 31.7 Å². The molecule has 1 nitrogen and oxygen atoms in total. The molecular weight excluding hydrogens is 253 g/mol. The lowest BCUT2D eigenvalue weighted by Crippen LogP contribution is -2.40. The van der Waals surface area contributed by atoms with Gasteiger partial charge in [-0.3, -0.25) is 0 Å². The molecule has 3 heteroatoms. The predicted octanol–water partition coefficient (Wildman–Crippen LogP) is 3.54. The molecule has 0 amide bonds. The normalized spacial score (nSPS) is 12.9. The third-order valence-corrected chi connectivity index (χ3v) is 3.20. The van der Waals surface area contributed by atoms with E-state index >= 15 is 0 Å². The van der Waals surface area contributed by atoms with E-state index < -0.39 is 0 Å². The lowest BCUT2D eigenvalue weighted by Gasteiger charge is -2.27. The molecule has 0 unspecified atom stereocenters. The summed E-state index contributed by atoms with van der Waals surface area (Å²) in [6.07, 6.45) is 5.32. The topological polar surface area (TPSA) is 0 Å². The Morgan fingerprint density at radius 1 is 1.24 bits per heavy atom. The number of rotatable bonds is 4. The fourth-order valence-corrected chi connectivity index (χ4v) is 2.11. The monoisotopic (exact) mass is 268 g/mol. The van der Waals surface area contributed by atoms with E-state index in [9.17, 15) is 0 Å². The van der Waals surface area contributed by atoms with Crippen molar-refractivity contribution in [3.05, 3.63) is 40.9 Å². The van der Waals surface area contributed by atoms with Crippen LogP contribution in [0.15, 0.2) is 35.4 Å². The van der Waals surface area contributed by atoms with Crippen molar-refractivity contribution in [2.45, 2.75) is 0 Å². The molecular formula is C14H16Cl2N+. The molecule has 0 radical (unpaired) electrons. The SMILES string of the molecule is C#CC[N+](C)(C)CC(Cl)=C(Cl)c1ccccc1. The third kappa shape index (κ3) is 4.44. The number of nitrogens with zero attached hydrogens (tertiary/aromatic N) is 1.